The topological polar surface area (TPSA) is 28.9 Å². The number of hydrogen-bond acceptors (Lipinski definition) is 1. The number of fused-ring (bicyclic) bond motifs is 2. The summed E-state index contributed by atoms with van der Waals surface area (Å²) in [5, 5.41) is 2.50. The first-order valence-corrected chi connectivity index (χ1v) is 27.3. The van der Waals surface area contributed by atoms with Crippen LogP contribution in [0.25, 0.3) is 21.9 Å². The van der Waals surface area contributed by atoms with Gasteiger partial charge in [0, 0.05) is 17.1 Å². The van der Waals surface area contributed by atoms with Crippen molar-refractivity contribution in [2.75, 3.05) is 0 Å². The van der Waals surface area contributed by atoms with E-state index in [4.69, 9.17) is 4.42 Å². The van der Waals surface area contributed by atoms with Crippen molar-refractivity contribution in [1.29, 1.82) is 0 Å². The van der Waals surface area contributed by atoms with Crippen molar-refractivity contribution in [3.05, 3.63) is 180 Å². The number of aromatic nitrogens is 1. The highest BCUT2D eigenvalue weighted by atomic mass is 16.3. The van der Waals surface area contributed by atoms with Crippen molar-refractivity contribution in [2.24, 2.45) is 0 Å². The van der Waals surface area contributed by atoms with Gasteiger partial charge in [0.15, 0.2) is 0 Å². The van der Waals surface area contributed by atoms with Crippen LogP contribution < -0.4 is 0 Å². The summed E-state index contributed by atoms with van der Waals surface area (Å²) in [7, 11) is 0. The molecule has 2 aromatic heterocycles. The van der Waals surface area contributed by atoms with Gasteiger partial charge in [-0.15, -0.1) is 0 Å². The molecular weight excluding hydrogens is 835 g/mol. The van der Waals surface area contributed by atoms with E-state index in [2.05, 4.69) is 228 Å². The van der Waals surface area contributed by atoms with Crippen molar-refractivity contribution in [3.8, 4) is 0 Å². The summed E-state index contributed by atoms with van der Waals surface area (Å²) in [5.41, 5.74) is 10.3. The molecule has 2 heteroatoms. The maximum Gasteiger partial charge on any atom is 0.134 e. The molecule has 5 aromatic carbocycles. The van der Waals surface area contributed by atoms with E-state index >= 15 is 0 Å². The fraction of sp³-hybridized carbons (Fsp3) is 0.493. The molecule has 0 fully saturated rings. The molecule has 0 aliphatic rings. The van der Waals surface area contributed by atoms with Gasteiger partial charge < -0.3 is 9.40 Å². The minimum atomic E-state index is 0.335. The van der Waals surface area contributed by atoms with Crippen LogP contribution in [-0.2, 0) is 16.2 Å². The first-order chi connectivity index (χ1) is 33.1. The Labute approximate surface area is 428 Å². The third-order valence-corrected chi connectivity index (χ3v) is 12.7. The van der Waals surface area contributed by atoms with Crippen molar-refractivity contribution in [2.45, 2.75) is 219 Å². The van der Waals surface area contributed by atoms with Gasteiger partial charge in [0.1, 0.15) is 5.58 Å². The number of benzene rings is 5. The van der Waals surface area contributed by atoms with E-state index in [0.29, 0.717) is 28.1 Å². The predicted octanol–water partition coefficient (Wildman–Crippen LogP) is 22.9. The highest BCUT2D eigenvalue weighted by Gasteiger charge is 2.18. The second-order valence-electron chi connectivity index (χ2n) is 18.0. The van der Waals surface area contributed by atoms with Crippen LogP contribution in [0.5, 0.6) is 0 Å². The Morgan fingerprint density at radius 2 is 0.754 bits per heavy atom. The summed E-state index contributed by atoms with van der Waals surface area (Å²) in [6.07, 6.45) is 9.68. The van der Waals surface area contributed by atoms with E-state index in [1.165, 1.54) is 76.2 Å². The molecule has 386 valence electrons. The standard InChI is InChI=1S/C12H15N.C12H14O.3C11H16.5C2H6/c1-3-9(2)10-4-5-12-11(8-10)6-7-13-12;1-3-9(2)11-5-4-10-6-7-13-12(10)8-11;3*1-4-11(2,3)10-8-6-5-7-9-10;5*1-2/h4-9,13H,3H2,1-2H3;4-9H,3H2,1-2H3;3*5-9H,4H2,1-3H3;5*1-2H3. The Morgan fingerprint density at radius 1 is 0.406 bits per heavy atom. The van der Waals surface area contributed by atoms with Crippen molar-refractivity contribution >= 4 is 21.9 Å². The van der Waals surface area contributed by atoms with Gasteiger partial charge in [-0.05, 0) is 124 Å². The van der Waals surface area contributed by atoms with Crippen LogP contribution in [0.4, 0.5) is 0 Å². The van der Waals surface area contributed by atoms with Crippen LogP contribution in [-0.4, -0.2) is 4.98 Å². The number of H-pyrrole nitrogens is 1. The molecule has 0 aliphatic carbocycles. The van der Waals surface area contributed by atoms with Gasteiger partial charge in [-0.3, -0.25) is 0 Å². The van der Waals surface area contributed by atoms with Gasteiger partial charge in [0.2, 0.25) is 0 Å². The minimum absolute atomic E-state index is 0.335. The van der Waals surface area contributed by atoms with Gasteiger partial charge in [0.05, 0.1) is 6.26 Å². The molecule has 0 bridgehead atoms. The average molecular weight is 943 g/mol. The van der Waals surface area contributed by atoms with Gasteiger partial charge in [-0.1, -0.05) is 268 Å². The molecule has 1 N–H and O–H groups in total. The van der Waals surface area contributed by atoms with Crippen LogP contribution in [0.3, 0.4) is 0 Å². The summed E-state index contributed by atoms with van der Waals surface area (Å²) in [4.78, 5) is 3.20. The maximum atomic E-state index is 5.35. The number of furan rings is 1. The Kier molecular flexibility index (Phi) is 39.6. The lowest BCUT2D eigenvalue weighted by atomic mass is 9.82. The van der Waals surface area contributed by atoms with Crippen molar-refractivity contribution < 1.29 is 4.42 Å². The van der Waals surface area contributed by atoms with E-state index < -0.39 is 0 Å². The molecule has 7 aromatic rings. The summed E-state index contributed by atoms with van der Waals surface area (Å²) in [5.74, 6) is 1.29. The second-order valence-corrected chi connectivity index (χ2v) is 18.0. The molecule has 69 heavy (non-hydrogen) atoms. The molecular formula is C67H107NO. The smallest absolute Gasteiger partial charge is 0.134 e. The molecule has 7 rings (SSSR count). The number of nitrogens with one attached hydrogen (secondary N) is 1. The molecule has 0 spiro atoms. The van der Waals surface area contributed by atoms with Gasteiger partial charge in [-0.25, -0.2) is 0 Å². The Balaban J connectivity index is -0.000000755. The lowest BCUT2D eigenvalue weighted by molar-refractivity contribution is 0.506. The summed E-state index contributed by atoms with van der Waals surface area (Å²) in [6.45, 7) is 49.3. The van der Waals surface area contributed by atoms with Crippen LogP contribution in [0.15, 0.2) is 156 Å². The third kappa shape index (κ3) is 25.6. The monoisotopic (exact) mass is 942 g/mol. The van der Waals surface area contributed by atoms with E-state index in [-0.39, 0.29) is 0 Å². The molecule has 2 unspecified atom stereocenters. The number of aromatic amines is 1. The first-order valence-electron chi connectivity index (χ1n) is 27.3. The van der Waals surface area contributed by atoms with Crippen LogP contribution in [0, 0.1) is 0 Å². The van der Waals surface area contributed by atoms with Gasteiger partial charge in [-0.2, -0.15) is 0 Å². The SMILES string of the molecule is CC.CC.CC.CC.CC.CCC(C)(C)c1ccccc1.CCC(C)(C)c1ccccc1.CCC(C)(C)c1ccccc1.CCC(C)c1ccc2[nH]ccc2c1.CCC(C)c1ccc2ccoc2c1. The lowest BCUT2D eigenvalue weighted by Crippen LogP contribution is -2.14. The average Bonchev–Trinajstić information content (AvgIpc) is 4.12. The van der Waals surface area contributed by atoms with Crippen LogP contribution in [0.2, 0.25) is 0 Å². The molecule has 0 aliphatic heterocycles. The fourth-order valence-corrected chi connectivity index (χ4v) is 6.41. The van der Waals surface area contributed by atoms with Crippen LogP contribution in [0.1, 0.15) is 231 Å². The highest BCUT2D eigenvalue weighted by Crippen LogP contribution is 2.28. The summed E-state index contributed by atoms with van der Waals surface area (Å²) >= 11 is 0. The third-order valence-electron chi connectivity index (χ3n) is 12.7. The molecule has 0 saturated carbocycles. The van der Waals surface area contributed by atoms with Crippen molar-refractivity contribution in [1.82, 2.24) is 4.98 Å². The Morgan fingerprint density at radius 3 is 1.10 bits per heavy atom. The largest absolute Gasteiger partial charge is 0.464 e. The normalized spacial score (nSPS) is 11.0. The quantitative estimate of drug-likeness (QED) is 0.145. The minimum Gasteiger partial charge on any atom is -0.464 e. The molecule has 2 nitrogen and oxygen atoms in total. The molecule has 2 heterocycles. The molecule has 0 saturated heterocycles. The molecule has 0 amide bonds. The molecule has 2 atom stereocenters. The van der Waals surface area contributed by atoms with E-state index in [1.807, 2.05) is 81.5 Å². The predicted molar refractivity (Wildman–Crippen MR) is 318 cm³/mol. The van der Waals surface area contributed by atoms with Crippen LogP contribution >= 0.6 is 0 Å². The van der Waals surface area contributed by atoms with Gasteiger partial charge >= 0.3 is 0 Å². The van der Waals surface area contributed by atoms with E-state index in [9.17, 15) is 0 Å². The first kappa shape index (κ1) is 68.4. The van der Waals surface area contributed by atoms with E-state index in [0.717, 1.165) is 5.58 Å². The van der Waals surface area contributed by atoms with Gasteiger partial charge in [0.25, 0.3) is 0 Å². The number of hydrogen-bond donors (Lipinski definition) is 1. The summed E-state index contributed by atoms with van der Waals surface area (Å²) < 4.78 is 5.35. The zero-order chi connectivity index (χ0) is 53.5. The van der Waals surface area contributed by atoms with Crippen molar-refractivity contribution in [3.63, 3.8) is 0 Å². The fourth-order valence-electron chi connectivity index (χ4n) is 6.41. The molecule has 0 radical (unpaired) electrons. The zero-order valence-corrected chi connectivity index (χ0v) is 49.0. The second kappa shape index (κ2) is 40.0. The Bertz CT molecular complexity index is 1950. The van der Waals surface area contributed by atoms with E-state index in [1.54, 1.807) is 6.26 Å². The Hall–Kier alpha value is -4.82. The maximum absolute atomic E-state index is 5.35. The number of rotatable bonds is 10. The zero-order valence-electron chi connectivity index (χ0n) is 49.0. The highest BCUT2D eigenvalue weighted by molar-refractivity contribution is 5.80. The summed E-state index contributed by atoms with van der Waals surface area (Å²) in [6, 6.07) is 49.2. The lowest BCUT2D eigenvalue weighted by Gasteiger charge is -2.22.